The number of carbonyl (C=O) groups excluding carboxylic acids is 2. The molecule has 0 aromatic heterocycles. The number of hydrogen-bond donors (Lipinski definition) is 1. The molecule has 0 heterocycles. The molecule has 37 heavy (non-hydrogen) atoms. The third kappa shape index (κ3) is 5.04. The van der Waals surface area contributed by atoms with Gasteiger partial charge in [0.25, 0.3) is 0 Å². The van der Waals surface area contributed by atoms with E-state index in [0.29, 0.717) is 23.3 Å². The maximum absolute atomic E-state index is 12.8. The lowest BCUT2D eigenvalue weighted by atomic mass is 10.0. The van der Waals surface area contributed by atoms with Crippen molar-refractivity contribution in [1.29, 1.82) is 0 Å². The third-order valence-corrected chi connectivity index (χ3v) is 6.25. The minimum absolute atomic E-state index is 0.00942. The quantitative estimate of drug-likeness (QED) is 0.158. The zero-order valence-electron chi connectivity index (χ0n) is 20.0. The molecule has 4 aromatic rings. The number of aliphatic hydroxyl groups excluding tert-OH is 1. The van der Waals surface area contributed by atoms with Gasteiger partial charge in [-0.05, 0) is 58.0 Å². The largest absolute Gasteiger partial charge is 0.507 e. The molecule has 4 aromatic carbocycles. The number of benzene rings is 4. The molecule has 0 aliphatic heterocycles. The van der Waals surface area contributed by atoms with Crippen LogP contribution in [-0.2, 0) is 11.3 Å². The molecular formula is C33H24O4. The van der Waals surface area contributed by atoms with E-state index in [0.717, 1.165) is 33.4 Å². The Morgan fingerprint density at radius 2 is 1.27 bits per heavy atom. The molecule has 1 aliphatic carbocycles. The monoisotopic (exact) mass is 484 g/mol. The summed E-state index contributed by atoms with van der Waals surface area (Å²) < 4.78 is 5.59. The first kappa shape index (κ1) is 23.8. The molecule has 180 valence electrons. The van der Waals surface area contributed by atoms with Gasteiger partial charge < -0.3 is 9.84 Å². The van der Waals surface area contributed by atoms with Gasteiger partial charge in [0.15, 0.2) is 5.78 Å². The molecular weight excluding hydrogens is 460 g/mol. The fourth-order valence-electron chi connectivity index (χ4n) is 4.36. The Morgan fingerprint density at radius 1 is 0.703 bits per heavy atom. The predicted octanol–water partition coefficient (Wildman–Crippen LogP) is 7.67. The first-order valence-corrected chi connectivity index (χ1v) is 11.9. The maximum Gasteiger partial charge on any atom is 0.197 e. The Kier molecular flexibility index (Phi) is 6.91. The van der Waals surface area contributed by atoms with Gasteiger partial charge in [-0.25, -0.2) is 0 Å². The predicted molar refractivity (Wildman–Crippen MR) is 149 cm³/mol. The van der Waals surface area contributed by atoms with Gasteiger partial charge in [0.2, 0.25) is 0 Å². The van der Waals surface area contributed by atoms with E-state index in [1.807, 2.05) is 91.0 Å². The zero-order valence-corrected chi connectivity index (χ0v) is 20.0. The number of fused-ring (bicyclic) bond motifs is 3. The highest BCUT2D eigenvalue weighted by Crippen LogP contribution is 2.34. The van der Waals surface area contributed by atoms with Gasteiger partial charge in [-0.3, -0.25) is 9.59 Å². The number of ether oxygens (including phenoxy) is 1. The van der Waals surface area contributed by atoms with Gasteiger partial charge in [-0.1, -0.05) is 78.9 Å². The first-order valence-electron chi connectivity index (χ1n) is 11.9. The average molecular weight is 485 g/mol. The van der Waals surface area contributed by atoms with Crippen molar-refractivity contribution in [1.82, 2.24) is 0 Å². The van der Waals surface area contributed by atoms with E-state index in [2.05, 4.69) is 0 Å². The topological polar surface area (TPSA) is 63.6 Å². The van der Waals surface area contributed by atoms with E-state index in [9.17, 15) is 14.7 Å². The number of aliphatic hydroxyl groups is 1. The van der Waals surface area contributed by atoms with Crippen molar-refractivity contribution < 1.29 is 19.4 Å². The summed E-state index contributed by atoms with van der Waals surface area (Å²) in [5, 5.41) is 14.6. The van der Waals surface area contributed by atoms with Gasteiger partial charge in [0.1, 0.15) is 18.7 Å². The summed E-state index contributed by atoms with van der Waals surface area (Å²) >= 11 is 0. The average Bonchev–Trinajstić information content (AvgIpc) is 3.16. The van der Waals surface area contributed by atoms with Crippen LogP contribution in [-0.4, -0.2) is 17.2 Å². The second-order valence-electron chi connectivity index (χ2n) is 8.62. The summed E-state index contributed by atoms with van der Waals surface area (Å²) in [4.78, 5) is 24.2. The molecule has 0 atom stereocenters. The fourth-order valence-corrected chi connectivity index (χ4v) is 4.36. The van der Waals surface area contributed by atoms with E-state index in [1.165, 1.54) is 0 Å². The smallest absolute Gasteiger partial charge is 0.197 e. The molecule has 0 radical (unpaired) electrons. The van der Waals surface area contributed by atoms with Crippen molar-refractivity contribution in [2.24, 2.45) is 0 Å². The minimum atomic E-state index is -0.178. The van der Waals surface area contributed by atoms with Crippen molar-refractivity contribution in [3.63, 3.8) is 0 Å². The van der Waals surface area contributed by atoms with Crippen LogP contribution < -0.4 is 0 Å². The van der Waals surface area contributed by atoms with Crippen LogP contribution in [0, 0.1) is 0 Å². The normalized spacial score (nSPS) is 13.8. The number of allylic oxidation sites excluding steroid dienone is 8. The lowest BCUT2D eigenvalue weighted by molar-refractivity contribution is 0.104. The second kappa shape index (κ2) is 10.8. The molecule has 0 fully saturated rings. The summed E-state index contributed by atoms with van der Waals surface area (Å²) in [6.07, 6.45) is 14.8. The maximum atomic E-state index is 12.8. The zero-order chi connectivity index (χ0) is 25.6. The molecule has 4 nitrogen and oxygen atoms in total. The number of Topliss-reactive ketones (excluding diaryl/α,β-unsaturated/α-hetero) is 1. The molecule has 0 saturated carbocycles. The summed E-state index contributed by atoms with van der Waals surface area (Å²) in [6.45, 7) is 0.298. The molecule has 0 saturated heterocycles. The van der Waals surface area contributed by atoms with E-state index in [-0.39, 0.29) is 17.1 Å². The van der Waals surface area contributed by atoms with Crippen LogP contribution in [0.25, 0.3) is 27.3 Å². The van der Waals surface area contributed by atoms with Crippen LogP contribution in [0.2, 0.25) is 0 Å². The SMILES string of the molecule is O=Cc1cc2ccccc2cc1CO/C=C/C=C/C=C/C=C/C1=C(O)c2cc3ccccc3cc2C1=O. The Bertz CT molecular complexity index is 1660. The summed E-state index contributed by atoms with van der Waals surface area (Å²) in [5.74, 6) is -0.169. The van der Waals surface area contributed by atoms with Crippen LogP contribution in [0.3, 0.4) is 0 Å². The number of carbonyl (C=O) groups is 2. The van der Waals surface area contributed by atoms with E-state index >= 15 is 0 Å². The molecule has 4 heteroatoms. The standard InChI is InChI=1S/C33H24O4/c34-21-27-17-23-11-6-7-12-24(23)18-28(27)22-37-16-10-4-2-1-3-5-15-29-32(35)30-19-25-13-8-9-14-26(25)20-31(30)33(29)36/h1-21,35H,22H2/b3-1+,4-2+,15-5+,16-10+. The second-order valence-corrected chi connectivity index (χ2v) is 8.62. The molecule has 0 unspecified atom stereocenters. The van der Waals surface area contributed by atoms with Crippen LogP contribution in [0.15, 0.2) is 127 Å². The van der Waals surface area contributed by atoms with Crippen LogP contribution >= 0.6 is 0 Å². The Balaban J connectivity index is 1.15. The summed E-state index contributed by atoms with van der Waals surface area (Å²) in [5.41, 5.74) is 2.84. The van der Waals surface area contributed by atoms with Gasteiger partial charge in [-0.2, -0.15) is 0 Å². The molecule has 1 N–H and O–H groups in total. The van der Waals surface area contributed by atoms with Crippen molar-refractivity contribution in [3.05, 3.63) is 149 Å². The van der Waals surface area contributed by atoms with Gasteiger partial charge in [-0.15, -0.1) is 0 Å². The number of hydrogen-bond acceptors (Lipinski definition) is 4. The Hall–Kier alpha value is -4.96. The number of aldehydes is 1. The van der Waals surface area contributed by atoms with Crippen molar-refractivity contribution in [2.75, 3.05) is 0 Å². The fraction of sp³-hybridized carbons (Fsp3) is 0.0303. The van der Waals surface area contributed by atoms with E-state index < -0.39 is 0 Å². The molecule has 0 bridgehead atoms. The van der Waals surface area contributed by atoms with Crippen LogP contribution in [0.4, 0.5) is 0 Å². The highest BCUT2D eigenvalue weighted by atomic mass is 16.5. The first-order chi connectivity index (χ1) is 18.2. The third-order valence-electron chi connectivity index (χ3n) is 6.25. The molecule has 0 amide bonds. The summed E-state index contributed by atoms with van der Waals surface area (Å²) in [6, 6.07) is 23.2. The Morgan fingerprint density at radius 3 is 1.95 bits per heavy atom. The van der Waals surface area contributed by atoms with E-state index in [4.69, 9.17) is 4.74 Å². The lowest BCUT2D eigenvalue weighted by Crippen LogP contribution is -1.96. The molecule has 1 aliphatic rings. The summed E-state index contributed by atoms with van der Waals surface area (Å²) in [7, 11) is 0. The van der Waals surface area contributed by atoms with Crippen molar-refractivity contribution in [3.8, 4) is 0 Å². The highest BCUT2D eigenvalue weighted by molar-refractivity contribution is 6.22. The number of ketones is 1. The molecule has 5 rings (SSSR count). The van der Waals surface area contributed by atoms with Gasteiger partial charge >= 0.3 is 0 Å². The number of rotatable bonds is 8. The van der Waals surface area contributed by atoms with Crippen LogP contribution in [0.1, 0.15) is 31.8 Å². The highest BCUT2D eigenvalue weighted by Gasteiger charge is 2.28. The van der Waals surface area contributed by atoms with Crippen LogP contribution in [0.5, 0.6) is 0 Å². The molecule has 0 spiro atoms. The van der Waals surface area contributed by atoms with Gasteiger partial charge in [0, 0.05) is 22.3 Å². The minimum Gasteiger partial charge on any atom is -0.507 e. The van der Waals surface area contributed by atoms with Crippen molar-refractivity contribution in [2.45, 2.75) is 6.61 Å². The van der Waals surface area contributed by atoms with Gasteiger partial charge in [0.05, 0.1) is 11.8 Å². The van der Waals surface area contributed by atoms with E-state index in [1.54, 1.807) is 30.6 Å². The lowest BCUT2D eigenvalue weighted by Gasteiger charge is -2.07. The van der Waals surface area contributed by atoms with Crippen molar-refractivity contribution >= 4 is 39.4 Å². The Labute approximate surface area is 214 Å².